The van der Waals surface area contributed by atoms with Gasteiger partial charge in [-0.2, -0.15) is 5.26 Å². The van der Waals surface area contributed by atoms with Gasteiger partial charge in [0.15, 0.2) is 5.75 Å². The molecule has 2 N–H and O–H groups in total. The van der Waals surface area contributed by atoms with Crippen molar-refractivity contribution in [3.8, 4) is 11.8 Å². The third-order valence-corrected chi connectivity index (χ3v) is 2.39. The average Bonchev–Trinajstić information content (AvgIpc) is 2.46. The third kappa shape index (κ3) is 2.97. The summed E-state index contributed by atoms with van der Waals surface area (Å²) in [7, 11) is 0. The quantitative estimate of drug-likeness (QED) is 0.657. The van der Waals surface area contributed by atoms with Gasteiger partial charge in [0.2, 0.25) is 0 Å². The van der Waals surface area contributed by atoms with Crippen molar-refractivity contribution in [1.29, 1.82) is 5.26 Å². The Labute approximate surface area is 113 Å². The van der Waals surface area contributed by atoms with E-state index in [4.69, 9.17) is 15.7 Å². The highest BCUT2D eigenvalue weighted by Gasteiger charge is 2.16. The first-order valence-electron chi connectivity index (χ1n) is 5.48. The van der Waals surface area contributed by atoms with E-state index in [-0.39, 0.29) is 29.4 Å². The molecule has 0 saturated heterocycles. The summed E-state index contributed by atoms with van der Waals surface area (Å²) >= 11 is 0. The number of nitro benzene ring substituents is 1. The van der Waals surface area contributed by atoms with Gasteiger partial charge >= 0.3 is 5.69 Å². The Balaban J connectivity index is 2.19. The number of nitro groups is 1. The van der Waals surface area contributed by atoms with Crippen LogP contribution in [0, 0.1) is 21.4 Å². The van der Waals surface area contributed by atoms with Gasteiger partial charge in [-0.15, -0.1) is 0 Å². The maximum absolute atomic E-state index is 10.9. The molecule has 0 atom stereocenters. The smallest absolute Gasteiger partial charge is 0.312 e. The predicted molar refractivity (Wildman–Crippen MR) is 68.6 cm³/mol. The highest BCUT2D eigenvalue weighted by Crippen LogP contribution is 2.28. The molecule has 8 heteroatoms. The molecule has 0 aliphatic heterocycles. The van der Waals surface area contributed by atoms with Gasteiger partial charge in [-0.25, -0.2) is 4.98 Å². The van der Waals surface area contributed by atoms with E-state index in [1.54, 1.807) is 0 Å². The summed E-state index contributed by atoms with van der Waals surface area (Å²) in [6.45, 7) is 0.0139. The number of rotatable bonds is 4. The number of hydrogen-bond acceptors (Lipinski definition) is 7. The highest BCUT2D eigenvalue weighted by molar-refractivity contribution is 5.51. The lowest BCUT2D eigenvalue weighted by Gasteiger charge is -2.06. The summed E-state index contributed by atoms with van der Waals surface area (Å²) in [5, 5.41) is 19.6. The van der Waals surface area contributed by atoms with Crippen LogP contribution in [0.2, 0.25) is 0 Å². The lowest BCUT2D eigenvalue weighted by atomic mass is 10.2. The van der Waals surface area contributed by atoms with E-state index in [1.807, 2.05) is 6.07 Å². The SMILES string of the molecule is N#Cc1ccc(OCc2cnc(N)cn2)c([N+](=O)[O-])c1. The van der Waals surface area contributed by atoms with E-state index in [9.17, 15) is 10.1 Å². The average molecular weight is 271 g/mol. The molecule has 0 aliphatic rings. The fraction of sp³-hybridized carbons (Fsp3) is 0.0833. The van der Waals surface area contributed by atoms with Crippen molar-refractivity contribution in [1.82, 2.24) is 9.97 Å². The van der Waals surface area contributed by atoms with E-state index in [1.165, 1.54) is 24.5 Å². The highest BCUT2D eigenvalue weighted by atomic mass is 16.6. The number of nitrogens with zero attached hydrogens (tertiary/aromatic N) is 4. The Hall–Kier alpha value is -3.21. The topological polar surface area (TPSA) is 128 Å². The van der Waals surface area contributed by atoms with Crippen LogP contribution in [0.4, 0.5) is 11.5 Å². The molecule has 0 bridgehead atoms. The van der Waals surface area contributed by atoms with Gasteiger partial charge in [0, 0.05) is 6.07 Å². The zero-order valence-corrected chi connectivity index (χ0v) is 10.2. The third-order valence-electron chi connectivity index (χ3n) is 2.39. The molecule has 1 heterocycles. The van der Waals surface area contributed by atoms with Crippen molar-refractivity contribution in [2.24, 2.45) is 0 Å². The zero-order valence-electron chi connectivity index (χ0n) is 10.2. The molecule has 0 saturated carbocycles. The molecular formula is C12H9N5O3. The van der Waals surface area contributed by atoms with Crippen molar-refractivity contribution in [2.45, 2.75) is 6.61 Å². The standard InChI is InChI=1S/C12H9N5O3/c13-4-8-1-2-11(10(3-8)17(18)19)20-7-9-5-16-12(14)6-15-9/h1-3,5-6H,7H2,(H2,14,16). The van der Waals surface area contributed by atoms with Crippen molar-refractivity contribution < 1.29 is 9.66 Å². The second kappa shape index (κ2) is 5.62. The van der Waals surface area contributed by atoms with E-state index >= 15 is 0 Å². The first kappa shape index (κ1) is 13.2. The van der Waals surface area contributed by atoms with Gasteiger partial charge in [-0.05, 0) is 12.1 Å². The molecule has 100 valence electrons. The van der Waals surface area contributed by atoms with Gasteiger partial charge in [0.05, 0.1) is 34.6 Å². The number of ether oxygens (including phenoxy) is 1. The minimum absolute atomic E-state index is 0.0139. The molecule has 0 radical (unpaired) electrons. The number of nitrogens with two attached hydrogens (primary N) is 1. The van der Waals surface area contributed by atoms with Crippen LogP contribution >= 0.6 is 0 Å². The van der Waals surface area contributed by atoms with Gasteiger partial charge in [0.25, 0.3) is 0 Å². The Morgan fingerprint density at radius 3 is 2.80 bits per heavy atom. The van der Waals surface area contributed by atoms with Gasteiger partial charge in [-0.1, -0.05) is 0 Å². The fourth-order valence-electron chi connectivity index (χ4n) is 1.44. The molecule has 20 heavy (non-hydrogen) atoms. The summed E-state index contributed by atoms with van der Waals surface area (Å²) in [6, 6.07) is 5.81. The van der Waals surface area contributed by atoms with Crippen molar-refractivity contribution in [3.63, 3.8) is 0 Å². The first-order valence-corrected chi connectivity index (χ1v) is 5.48. The number of aromatic nitrogens is 2. The van der Waals surface area contributed by atoms with E-state index in [0.29, 0.717) is 5.69 Å². The van der Waals surface area contributed by atoms with Gasteiger partial charge in [-0.3, -0.25) is 15.1 Å². The van der Waals surface area contributed by atoms with E-state index in [2.05, 4.69) is 9.97 Å². The Bertz CT molecular complexity index is 678. The Morgan fingerprint density at radius 2 is 2.20 bits per heavy atom. The second-order valence-electron chi connectivity index (χ2n) is 3.77. The number of anilines is 1. The zero-order chi connectivity index (χ0) is 14.5. The molecule has 2 aromatic rings. The largest absolute Gasteiger partial charge is 0.480 e. The van der Waals surface area contributed by atoms with Crippen LogP contribution in [0.3, 0.4) is 0 Å². The van der Waals surface area contributed by atoms with Crippen LogP contribution < -0.4 is 10.5 Å². The summed E-state index contributed by atoms with van der Waals surface area (Å²) in [5.74, 6) is 0.339. The van der Waals surface area contributed by atoms with Gasteiger partial charge < -0.3 is 10.5 Å². The molecule has 8 nitrogen and oxygen atoms in total. The van der Waals surface area contributed by atoms with Crippen LogP contribution in [-0.4, -0.2) is 14.9 Å². The second-order valence-corrected chi connectivity index (χ2v) is 3.77. The maximum atomic E-state index is 10.9. The normalized spacial score (nSPS) is 9.75. The summed E-state index contributed by atoms with van der Waals surface area (Å²) < 4.78 is 5.33. The Kier molecular flexibility index (Phi) is 3.72. The lowest BCUT2D eigenvalue weighted by Crippen LogP contribution is -2.02. The number of nitrogen functional groups attached to an aromatic ring is 1. The van der Waals surface area contributed by atoms with Crippen LogP contribution in [0.25, 0.3) is 0 Å². The molecule has 2 rings (SSSR count). The molecule has 0 unspecified atom stereocenters. The molecule has 1 aromatic heterocycles. The lowest BCUT2D eigenvalue weighted by molar-refractivity contribution is -0.386. The molecule has 1 aromatic carbocycles. The molecule has 0 aliphatic carbocycles. The van der Waals surface area contributed by atoms with Crippen LogP contribution in [0.15, 0.2) is 30.6 Å². The minimum atomic E-state index is -0.606. The number of hydrogen-bond donors (Lipinski definition) is 1. The van der Waals surface area contributed by atoms with Crippen molar-refractivity contribution in [2.75, 3.05) is 5.73 Å². The molecular weight excluding hydrogens is 262 g/mol. The number of benzene rings is 1. The predicted octanol–water partition coefficient (Wildman–Crippen LogP) is 1.42. The summed E-state index contributed by atoms with van der Waals surface area (Å²) in [4.78, 5) is 18.1. The monoisotopic (exact) mass is 271 g/mol. The molecule has 0 fully saturated rings. The van der Waals surface area contributed by atoms with E-state index in [0.717, 1.165) is 6.07 Å². The number of nitriles is 1. The van der Waals surface area contributed by atoms with Crippen LogP contribution in [0.1, 0.15) is 11.3 Å². The maximum Gasteiger partial charge on any atom is 0.312 e. The fourth-order valence-corrected chi connectivity index (χ4v) is 1.44. The Morgan fingerprint density at radius 1 is 1.40 bits per heavy atom. The summed E-state index contributed by atoms with van der Waals surface area (Å²) in [5.41, 5.74) is 5.80. The summed E-state index contributed by atoms with van der Waals surface area (Å²) in [6.07, 6.45) is 2.79. The van der Waals surface area contributed by atoms with E-state index < -0.39 is 4.92 Å². The minimum Gasteiger partial charge on any atom is -0.480 e. The van der Waals surface area contributed by atoms with Crippen molar-refractivity contribution in [3.05, 3.63) is 52.0 Å². The van der Waals surface area contributed by atoms with Gasteiger partial charge in [0.1, 0.15) is 12.4 Å². The molecule has 0 spiro atoms. The van der Waals surface area contributed by atoms with Crippen molar-refractivity contribution >= 4 is 11.5 Å². The van der Waals surface area contributed by atoms with Crippen LogP contribution in [0.5, 0.6) is 5.75 Å². The molecule has 0 amide bonds. The first-order chi connectivity index (χ1) is 9.60. The van der Waals surface area contributed by atoms with Crippen LogP contribution in [-0.2, 0) is 6.61 Å².